The molecule has 0 spiro atoms. The van der Waals surface area contributed by atoms with Crippen LogP contribution in [0.3, 0.4) is 0 Å². The average molecular weight is 352 g/mol. The van der Waals surface area contributed by atoms with Gasteiger partial charge in [-0.25, -0.2) is 4.79 Å². The molecule has 2 heterocycles. The van der Waals surface area contributed by atoms with Crippen LogP contribution in [0, 0.1) is 0 Å². The number of carbonyl (C=O) groups is 2. The van der Waals surface area contributed by atoms with E-state index in [1.165, 1.54) is 12.1 Å². The van der Waals surface area contributed by atoms with Crippen molar-refractivity contribution in [2.75, 3.05) is 13.2 Å². The van der Waals surface area contributed by atoms with Crippen molar-refractivity contribution < 1.29 is 28.6 Å². The van der Waals surface area contributed by atoms with E-state index in [2.05, 4.69) is 5.32 Å². The third kappa shape index (κ3) is 3.46. The Balaban J connectivity index is 1.70. The van der Waals surface area contributed by atoms with Gasteiger partial charge in [-0.3, -0.25) is 4.79 Å². The molecule has 8 heteroatoms. The first kappa shape index (κ1) is 16.2. The molecule has 0 unspecified atom stereocenters. The number of hydrogen-bond donors (Lipinski definition) is 2. The molecule has 126 valence electrons. The van der Waals surface area contributed by atoms with E-state index in [9.17, 15) is 9.59 Å². The first-order valence-corrected chi connectivity index (χ1v) is 7.62. The molecule has 1 amide bonds. The molecule has 3 rings (SSSR count). The van der Waals surface area contributed by atoms with Gasteiger partial charge in [-0.05, 0) is 29.8 Å². The summed E-state index contributed by atoms with van der Waals surface area (Å²) < 4.78 is 16.1. The van der Waals surface area contributed by atoms with Crippen molar-refractivity contribution in [3.05, 3.63) is 46.4 Å². The van der Waals surface area contributed by atoms with Crippen LogP contribution < -0.4 is 14.8 Å². The molecule has 1 aliphatic rings. The minimum Gasteiger partial charge on any atom is -0.489 e. The Hall–Kier alpha value is -2.67. The standard InChI is InChI=1S/C16H14ClNO6/c17-10-6-9(7-13-14(10)23-5-1-4-22-13)8-18-15(19)11-2-3-12(24-11)16(20)21/h2-3,6-7H,1,4-5,8H2,(H,18,19)(H,20,21). The Labute approximate surface area is 142 Å². The van der Waals surface area contributed by atoms with Crippen molar-refractivity contribution in [1.29, 1.82) is 0 Å². The zero-order valence-electron chi connectivity index (χ0n) is 12.5. The molecule has 1 aromatic carbocycles. The number of ether oxygens (including phenoxy) is 2. The fourth-order valence-corrected chi connectivity index (χ4v) is 2.52. The topological polar surface area (TPSA) is 98.0 Å². The molecule has 0 aliphatic carbocycles. The summed E-state index contributed by atoms with van der Waals surface area (Å²) in [4.78, 5) is 22.7. The number of carboxylic acids is 1. The number of halogens is 1. The largest absolute Gasteiger partial charge is 0.489 e. The van der Waals surface area contributed by atoms with Crippen LogP contribution in [0.4, 0.5) is 0 Å². The summed E-state index contributed by atoms with van der Waals surface area (Å²) in [6.45, 7) is 1.25. The van der Waals surface area contributed by atoms with Crippen LogP contribution in [0.15, 0.2) is 28.7 Å². The monoisotopic (exact) mass is 351 g/mol. The first-order valence-electron chi connectivity index (χ1n) is 7.24. The number of fused-ring (bicyclic) bond motifs is 1. The molecule has 2 N–H and O–H groups in total. The Bertz CT molecular complexity index is 785. The van der Waals surface area contributed by atoms with Crippen molar-refractivity contribution in [1.82, 2.24) is 5.32 Å². The highest BCUT2D eigenvalue weighted by Crippen LogP contribution is 2.37. The molecule has 0 saturated heterocycles. The molecule has 0 fully saturated rings. The van der Waals surface area contributed by atoms with E-state index in [4.69, 9.17) is 30.6 Å². The minimum absolute atomic E-state index is 0.0761. The SMILES string of the molecule is O=C(O)c1ccc(C(=O)NCc2cc(Cl)c3c(c2)OCCCO3)o1. The summed E-state index contributed by atoms with van der Waals surface area (Å²) in [6.07, 6.45) is 0.765. The van der Waals surface area contributed by atoms with Gasteiger partial charge in [0.2, 0.25) is 5.76 Å². The molecule has 0 saturated carbocycles. The lowest BCUT2D eigenvalue weighted by molar-refractivity contribution is 0.0659. The van der Waals surface area contributed by atoms with Crippen molar-refractivity contribution in [3.63, 3.8) is 0 Å². The number of carbonyl (C=O) groups excluding carboxylic acids is 1. The van der Waals surface area contributed by atoms with Crippen LogP contribution in [0.5, 0.6) is 11.5 Å². The summed E-state index contributed by atoms with van der Waals surface area (Å²) in [5, 5.41) is 11.8. The highest BCUT2D eigenvalue weighted by molar-refractivity contribution is 6.32. The predicted octanol–water partition coefficient (Wildman–Crippen LogP) is 2.72. The molecule has 0 bridgehead atoms. The van der Waals surface area contributed by atoms with Crippen molar-refractivity contribution in [2.24, 2.45) is 0 Å². The maximum Gasteiger partial charge on any atom is 0.371 e. The molecular formula is C16H14ClNO6. The maximum atomic E-state index is 12.0. The van der Waals surface area contributed by atoms with Gasteiger partial charge in [-0.2, -0.15) is 0 Å². The number of furan rings is 1. The molecule has 0 atom stereocenters. The number of nitrogens with one attached hydrogen (secondary N) is 1. The van der Waals surface area contributed by atoms with Gasteiger partial charge in [0.25, 0.3) is 5.91 Å². The molecule has 1 aromatic heterocycles. The molecular weight excluding hydrogens is 338 g/mol. The Kier molecular flexibility index (Phi) is 4.61. The first-order chi connectivity index (χ1) is 11.5. The third-order valence-corrected chi connectivity index (χ3v) is 3.64. The smallest absolute Gasteiger partial charge is 0.371 e. The molecule has 2 aromatic rings. The van der Waals surface area contributed by atoms with Crippen molar-refractivity contribution in [3.8, 4) is 11.5 Å². The summed E-state index contributed by atoms with van der Waals surface area (Å²) in [7, 11) is 0. The van der Waals surface area contributed by atoms with Crippen LogP contribution in [0.2, 0.25) is 5.02 Å². The van der Waals surface area contributed by atoms with Crippen LogP contribution in [0.1, 0.15) is 33.1 Å². The fourth-order valence-electron chi connectivity index (χ4n) is 2.23. The second-order valence-corrected chi connectivity index (χ2v) is 5.51. The Morgan fingerprint density at radius 3 is 2.67 bits per heavy atom. The van der Waals surface area contributed by atoms with E-state index in [0.717, 1.165) is 12.0 Å². The Morgan fingerprint density at radius 1 is 1.17 bits per heavy atom. The Morgan fingerprint density at radius 2 is 1.92 bits per heavy atom. The summed E-state index contributed by atoms with van der Waals surface area (Å²) >= 11 is 6.19. The fraction of sp³-hybridized carbons (Fsp3) is 0.250. The van der Waals surface area contributed by atoms with Gasteiger partial charge in [-0.1, -0.05) is 11.6 Å². The summed E-state index contributed by atoms with van der Waals surface area (Å²) in [5.41, 5.74) is 0.725. The van der Waals surface area contributed by atoms with E-state index in [0.29, 0.717) is 29.7 Å². The van der Waals surface area contributed by atoms with Crippen LogP contribution >= 0.6 is 11.6 Å². The maximum absolute atomic E-state index is 12.0. The summed E-state index contributed by atoms with van der Waals surface area (Å²) in [6, 6.07) is 5.96. The highest BCUT2D eigenvalue weighted by Gasteiger charge is 2.17. The van der Waals surface area contributed by atoms with Gasteiger partial charge in [0.05, 0.1) is 18.2 Å². The molecule has 24 heavy (non-hydrogen) atoms. The van der Waals surface area contributed by atoms with Gasteiger partial charge < -0.3 is 24.3 Å². The van der Waals surface area contributed by atoms with Crippen molar-refractivity contribution >= 4 is 23.5 Å². The second-order valence-electron chi connectivity index (χ2n) is 5.11. The van der Waals surface area contributed by atoms with Crippen molar-refractivity contribution in [2.45, 2.75) is 13.0 Å². The van der Waals surface area contributed by atoms with Crippen LogP contribution in [-0.4, -0.2) is 30.2 Å². The van der Waals surface area contributed by atoms with Gasteiger partial charge >= 0.3 is 5.97 Å². The number of aromatic carboxylic acids is 1. The van der Waals surface area contributed by atoms with E-state index in [1.807, 2.05) is 0 Å². The van der Waals surface area contributed by atoms with Gasteiger partial charge in [0.15, 0.2) is 17.3 Å². The number of rotatable bonds is 4. The van der Waals surface area contributed by atoms with Crippen LogP contribution in [-0.2, 0) is 6.54 Å². The molecule has 1 aliphatic heterocycles. The lowest BCUT2D eigenvalue weighted by Crippen LogP contribution is -2.22. The van der Waals surface area contributed by atoms with Gasteiger partial charge in [-0.15, -0.1) is 0 Å². The number of amides is 1. The zero-order valence-corrected chi connectivity index (χ0v) is 13.3. The lowest BCUT2D eigenvalue weighted by atomic mass is 10.2. The molecule has 7 nitrogen and oxygen atoms in total. The average Bonchev–Trinajstić information content (AvgIpc) is 2.93. The van der Waals surface area contributed by atoms with Gasteiger partial charge in [0.1, 0.15) is 0 Å². The van der Waals surface area contributed by atoms with E-state index in [-0.39, 0.29) is 18.1 Å². The predicted molar refractivity (Wildman–Crippen MR) is 83.9 cm³/mol. The molecule has 0 radical (unpaired) electrons. The minimum atomic E-state index is -1.23. The summed E-state index contributed by atoms with van der Waals surface area (Å²) in [5.74, 6) is -1.09. The third-order valence-electron chi connectivity index (χ3n) is 3.36. The van der Waals surface area contributed by atoms with E-state index < -0.39 is 11.9 Å². The van der Waals surface area contributed by atoms with E-state index >= 15 is 0 Å². The number of hydrogen-bond acceptors (Lipinski definition) is 5. The van der Waals surface area contributed by atoms with E-state index in [1.54, 1.807) is 12.1 Å². The zero-order chi connectivity index (χ0) is 17.1. The quantitative estimate of drug-likeness (QED) is 0.878. The van der Waals surface area contributed by atoms with Crippen LogP contribution in [0.25, 0.3) is 0 Å². The lowest BCUT2D eigenvalue weighted by Gasteiger charge is -2.12. The highest BCUT2D eigenvalue weighted by atomic mass is 35.5. The normalized spacial score (nSPS) is 13.2. The number of carboxylic acid groups (broad SMARTS) is 1. The van der Waals surface area contributed by atoms with Gasteiger partial charge in [0, 0.05) is 13.0 Å². The second kappa shape index (κ2) is 6.84. The number of benzene rings is 1.